The van der Waals surface area contributed by atoms with Crippen LogP contribution < -0.4 is 5.32 Å². The van der Waals surface area contributed by atoms with E-state index in [2.05, 4.69) is 17.2 Å². The van der Waals surface area contributed by atoms with Crippen molar-refractivity contribution in [1.29, 1.82) is 0 Å². The van der Waals surface area contributed by atoms with Crippen LogP contribution in [0.5, 0.6) is 0 Å². The molecule has 118 valence electrons. The lowest BCUT2D eigenvalue weighted by Crippen LogP contribution is -2.46. The molecule has 5 nitrogen and oxygen atoms in total. The molecule has 1 aliphatic carbocycles. The molecule has 0 aliphatic heterocycles. The average molecular weight is 310 g/mol. The van der Waals surface area contributed by atoms with Crippen LogP contribution in [-0.2, 0) is 6.54 Å². The second kappa shape index (κ2) is 7.73. The topological polar surface area (TPSA) is 50.2 Å². The number of rotatable bonds is 6. The predicted molar refractivity (Wildman–Crippen MR) is 87.5 cm³/mol. The first kappa shape index (κ1) is 16.2. The van der Waals surface area contributed by atoms with Crippen LogP contribution in [0.2, 0.25) is 0 Å². The van der Waals surface area contributed by atoms with Crippen molar-refractivity contribution in [3.05, 3.63) is 18.7 Å². The molecule has 3 atom stereocenters. The van der Waals surface area contributed by atoms with Gasteiger partial charge in [0, 0.05) is 43.3 Å². The van der Waals surface area contributed by atoms with Crippen molar-refractivity contribution in [3.63, 3.8) is 0 Å². The summed E-state index contributed by atoms with van der Waals surface area (Å²) in [5, 5.41) is 3.79. The van der Waals surface area contributed by atoms with Crippen molar-refractivity contribution in [2.24, 2.45) is 0 Å². The molecular weight excluding hydrogens is 284 g/mol. The maximum atomic E-state index is 12.3. The van der Waals surface area contributed by atoms with Crippen LogP contribution in [0.1, 0.15) is 33.1 Å². The molecule has 1 aliphatic rings. The Bertz CT molecular complexity index is 437. The molecule has 1 fully saturated rings. The van der Waals surface area contributed by atoms with Crippen LogP contribution >= 0.6 is 11.8 Å². The first-order valence-electron chi connectivity index (χ1n) is 7.70. The lowest BCUT2D eigenvalue weighted by molar-refractivity contribution is 0.186. The Morgan fingerprint density at radius 1 is 1.57 bits per heavy atom. The summed E-state index contributed by atoms with van der Waals surface area (Å²) >= 11 is 2.02. The molecule has 1 N–H and O–H groups in total. The molecule has 1 aromatic rings. The zero-order valence-corrected chi connectivity index (χ0v) is 14.0. The van der Waals surface area contributed by atoms with Crippen LogP contribution in [0.25, 0.3) is 0 Å². The van der Waals surface area contributed by atoms with E-state index in [1.165, 1.54) is 6.42 Å². The Labute approximate surface area is 131 Å². The first-order chi connectivity index (χ1) is 10.1. The monoisotopic (exact) mass is 310 g/mol. The van der Waals surface area contributed by atoms with E-state index in [0.29, 0.717) is 6.04 Å². The molecule has 1 saturated carbocycles. The molecule has 0 radical (unpaired) electrons. The van der Waals surface area contributed by atoms with Gasteiger partial charge in [0.05, 0.1) is 6.33 Å². The Hall–Kier alpha value is -1.17. The summed E-state index contributed by atoms with van der Waals surface area (Å²) < 4.78 is 1.98. The summed E-state index contributed by atoms with van der Waals surface area (Å²) in [6, 6.07) is 0.514. The Morgan fingerprint density at radius 3 is 3.05 bits per heavy atom. The van der Waals surface area contributed by atoms with E-state index >= 15 is 0 Å². The van der Waals surface area contributed by atoms with Crippen molar-refractivity contribution >= 4 is 17.8 Å². The zero-order chi connectivity index (χ0) is 15.2. The molecule has 1 aromatic heterocycles. The molecule has 1 heterocycles. The third kappa shape index (κ3) is 4.66. The molecule has 21 heavy (non-hydrogen) atoms. The van der Waals surface area contributed by atoms with Gasteiger partial charge in [-0.1, -0.05) is 6.92 Å². The van der Waals surface area contributed by atoms with Crippen LogP contribution in [-0.4, -0.2) is 50.6 Å². The number of carbonyl (C=O) groups excluding carboxylic acids is 1. The molecule has 0 unspecified atom stereocenters. The minimum Gasteiger partial charge on any atom is -0.335 e. The summed E-state index contributed by atoms with van der Waals surface area (Å²) in [6.45, 7) is 4.97. The van der Waals surface area contributed by atoms with E-state index in [9.17, 15) is 4.79 Å². The number of amides is 2. The van der Waals surface area contributed by atoms with E-state index in [1.807, 2.05) is 41.4 Å². The van der Waals surface area contributed by atoms with Crippen LogP contribution in [0.4, 0.5) is 4.79 Å². The number of nitrogens with one attached hydrogen (secondary N) is 1. The van der Waals surface area contributed by atoms with Gasteiger partial charge in [0.2, 0.25) is 0 Å². The Morgan fingerprint density at radius 2 is 2.38 bits per heavy atom. The molecular formula is C15H26N4OS. The maximum Gasteiger partial charge on any atom is 0.317 e. The SMILES string of the molecule is CCS[C@@H]1CC[C@@H](N(C)C(=O)N[C@H](C)Cn2ccnc2)C1. The van der Waals surface area contributed by atoms with Gasteiger partial charge in [-0.25, -0.2) is 9.78 Å². The lowest BCUT2D eigenvalue weighted by Gasteiger charge is -2.27. The van der Waals surface area contributed by atoms with E-state index in [4.69, 9.17) is 0 Å². The highest BCUT2D eigenvalue weighted by atomic mass is 32.2. The fourth-order valence-corrected chi connectivity index (χ4v) is 4.02. The minimum atomic E-state index is 0.0368. The largest absolute Gasteiger partial charge is 0.335 e. The van der Waals surface area contributed by atoms with Gasteiger partial charge in [-0.05, 0) is 31.9 Å². The van der Waals surface area contributed by atoms with Crippen molar-refractivity contribution in [2.45, 2.75) is 57.0 Å². The lowest BCUT2D eigenvalue weighted by atomic mass is 10.2. The summed E-state index contributed by atoms with van der Waals surface area (Å²) in [5.74, 6) is 1.16. The number of carbonyl (C=O) groups is 1. The predicted octanol–water partition coefficient (Wildman–Crippen LogP) is 2.59. The van der Waals surface area contributed by atoms with Gasteiger partial charge in [0.25, 0.3) is 0 Å². The first-order valence-corrected chi connectivity index (χ1v) is 8.75. The van der Waals surface area contributed by atoms with Crippen molar-refractivity contribution in [1.82, 2.24) is 19.8 Å². The Kier molecular flexibility index (Phi) is 5.96. The normalized spacial score (nSPS) is 23.0. The fraction of sp³-hybridized carbons (Fsp3) is 0.733. The minimum absolute atomic E-state index is 0.0368. The van der Waals surface area contributed by atoms with Crippen molar-refractivity contribution in [3.8, 4) is 0 Å². The summed E-state index contributed by atoms with van der Waals surface area (Å²) in [5.41, 5.74) is 0. The van der Waals surface area contributed by atoms with Crippen LogP contribution in [0.3, 0.4) is 0 Å². The second-order valence-corrected chi connectivity index (χ2v) is 7.34. The van der Waals surface area contributed by atoms with Gasteiger partial charge in [-0.3, -0.25) is 0 Å². The average Bonchev–Trinajstić information content (AvgIpc) is 3.09. The van der Waals surface area contributed by atoms with Gasteiger partial charge in [0.1, 0.15) is 0 Å². The number of imidazole rings is 1. The molecule has 2 amide bonds. The molecule has 2 rings (SSSR count). The molecule has 0 spiro atoms. The fourth-order valence-electron chi connectivity index (χ4n) is 2.89. The van der Waals surface area contributed by atoms with E-state index in [0.717, 1.165) is 30.4 Å². The zero-order valence-electron chi connectivity index (χ0n) is 13.2. The standard InChI is InChI=1S/C15H26N4OS/c1-4-21-14-6-5-13(9-14)18(3)15(20)17-12(2)10-19-8-7-16-11-19/h7-8,11-14H,4-6,9-10H2,1-3H3,(H,17,20)/t12-,13-,14-/m1/s1. The number of nitrogens with zero attached hydrogens (tertiary/aromatic N) is 3. The summed E-state index contributed by atoms with van der Waals surface area (Å²) in [6.07, 6.45) is 8.91. The van der Waals surface area contributed by atoms with Crippen molar-refractivity contribution < 1.29 is 4.79 Å². The quantitative estimate of drug-likeness (QED) is 0.878. The number of hydrogen-bond donors (Lipinski definition) is 1. The number of thioether (sulfide) groups is 1. The molecule has 0 aromatic carbocycles. The number of hydrogen-bond acceptors (Lipinski definition) is 3. The highest BCUT2D eigenvalue weighted by Crippen LogP contribution is 2.32. The highest BCUT2D eigenvalue weighted by molar-refractivity contribution is 7.99. The third-order valence-electron chi connectivity index (χ3n) is 4.04. The number of aromatic nitrogens is 2. The smallest absolute Gasteiger partial charge is 0.317 e. The van der Waals surface area contributed by atoms with E-state index < -0.39 is 0 Å². The summed E-state index contributed by atoms with van der Waals surface area (Å²) in [4.78, 5) is 18.2. The van der Waals surface area contributed by atoms with Crippen LogP contribution in [0.15, 0.2) is 18.7 Å². The van der Waals surface area contributed by atoms with Crippen LogP contribution in [0, 0.1) is 0 Å². The Balaban J connectivity index is 1.77. The third-order valence-corrected chi connectivity index (χ3v) is 5.27. The molecule has 0 saturated heterocycles. The van der Waals surface area contributed by atoms with Gasteiger partial charge < -0.3 is 14.8 Å². The highest BCUT2D eigenvalue weighted by Gasteiger charge is 2.30. The number of urea groups is 1. The van der Waals surface area contributed by atoms with Crippen molar-refractivity contribution in [2.75, 3.05) is 12.8 Å². The molecule has 6 heteroatoms. The van der Waals surface area contributed by atoms with E-state index in [-0.39, 0.29) is 12.1 Å². The maximum absolute atomic E-state index is 12.3. The second-order valence-electron chi connectivity index (χ2n) is 5.77. The van der Waals surface area contributed by atoms with Gasteiger partial charge >= 0.3 is 6.03 Å². The molecule has 0 bridgehead atoms. The summed E-state index contributed by atoms with van der Waals surface area (Å²) in [7, 11) is 1.92. The van der Waals surface area contributed by atoms with Gasteiger partial charge in [0.15, 0.2) is 0 Å². The van der Waals surface area contributed by atoms with Gasteiger partial charge in [-0.2, -0.15) is 11.8 Å². The van der Waals surface area contributed by atoms with E-state index in [1.54, 1.807) is 12.5 Å². The van der Waals surface area contributed by atoms with Gasteiger partial charge in [-0.15, -0.1) is 0 Å².